The van der Waals surface area contributed by atoms with Gasteiger partial charge >= 0.3 is 0 Å². The van der Waals surface area contributed by atoms with Crippen LogP contribution in [0.5, 0.6) is 0 Å². The van der Waals surface area contributed by atoms with Gasteiger partial charge in [0.25, 0.3) is 0 Å². The van der Waals surface area contributed by atoms with Crippen molar-refractivity contribution >= 4 is 0 Å². The van der Waals surface area contributed by atoms with E-state index >= 15 is 0 Å². The molecule has 1 aliphatic carbocycles. The third-order valence-corrected chi connectivity index (χ3v) is 5.28. The maximum absolute atomic E-state index is 10.9. The van der Waals surface area contributed by atoms with E-state index in [2.05, 4.69) is 37.9 Å². The zero-order chi connectivity index (χ0) is 18.3. The fourth-order valence-corrected chi connectivity index (χ4v) is 4.19. The minimum absolute atomic E-state index is 0.184. The second-order valence-corrected chi connectivity index (χ2v) is 8.42. The van der Waals surface area contributed by atoms with E-state index in [0.717, 1.165) is 32.4 Å². The van der Waals surface area contributed by atoms with Gasteiger partial charge in [-0.25, -0.2) is 0 Å². The van der Waals surface area contributed by atoms with Crippen LogP contribution in [-0.2, 0) is 11.3 Å². The molecule has 0 bridgehead atoms. The summed E-state index contributed by atoms with van der Waals surface area (Å²) in [5.74, 6) is 0.446. The number of hydrogen-bond acceptors (Lipinski definition) is 4. The zero-order valence-electron chi connectivity index (χ0n) is 16.0. The molecule has 2 N–H and O–H groups in total. The molecule has 4 nitrogen and oxygen atoms in total. The van der Waals surface area contributed by atoms with E-state index in [9.17, 15) is 5.11 Å². The molecule has 1 aromatic carbocycles. The van der Waals surface area contributed by atoms with Crippen LogP contribution < -0.4 is 0 Å². The van der Waals surface area contributed by atoms with Crippen molar-refractivity contribution in [3.63, 3.8) is 0 Å². The van der Waals surface area contributed by atoms with Crippen molar-refractivity contribution in [1.29, 1.82) is 0 Å². The van der Waals surface area contributed by atoms with Gasteiger partial charge in [0, 0.05) is 25.6 Å². The number of rotatable bonds is 9. The fourth-order valence-electron chi connectivity index (χ4n) is 4.19. The van der Waals surface area contributed by atoms with Gasteiger partial charge in [0.1, 0.15) is 0 Å². The zero-order valence-corrected chi connectivity index (χ0v) is 16.0. The number of benzene rings is 1. The van der Waals surface area contributed by atoms with Gasteiger partial charge in [0.2, 0.25) is 0 Å². The van der Waals surface area contributed by atoms with Gasteiger partial charge in [-0.15, -0.1) is 0 Å². The summed E-state index contributed by atoms with van der Waals surface area (Å²) in [6, 6.07) is 10.2. The predicted molar refractivity (Wildman–Crippen MR) is 101 cm³/mol. The second kappa shape index (κ2) is 9.67. The molecule has 0 amide bonds. The van der Waals surface area contributed by atoms with Crippen LogP contribution in [0.3, 0.4) is 0 Å². The number of nitrogens with zero attached hydrogens (tertiary/aromatic N) is 1. The quantitative estimate of drug-likeness (QED) is 0.720. The Labute approximate surface area is 152 Å². The van der Waals surface area contributed by atoms with Crippen molar-refractivity contribution in [1.82, 2.24) is 4.90 Å². The highest BCUT2D eigenvalue weighted by Gasteiger charge is 2.40. The van der Waals surface area contributed by atoms with Crippen LogP contribution in [0.15, 0.2) is 30.3 Å². The van der Waals surface area contributed by atoms with Gasteiger partial charge in [0.05, 0.1) is 19.3 Å². The average molecular weight is 350 g/mol. The Morgan fingerprint density at radius 3 is 2.52 bits per heavy atom. The Morgan fingerprint density at radius 1 is 1.16 bits per heavy atom. The monoisotopic (exact) mass is 349 g/mol. The highest BCUT2D eigenvalue weighted by atomic mass is 16.5. The first kappa shape index (κ1) is 20.4. The molecule has 0 spiro atoms. The van der Waals surface area contributed by atoms with Gasteiger partial charge in [-0.1, -0.05) is 44.2 Å². The molecule has 0 aromatic heterocycles. The van der Waals surface area contributed by atoms with E-state index in [1.54, 1.807) is 0 Å². The van der Waals surface area contributed by atoms with Crippen LogP contribution in [0.4, 0.5) is 0 Å². The van der Waals surface area contributed by atoms with E-state index in [0.29, 0.717) is 13.2 Å². The molecule has 1 saturated carbocycles. The van der Waals surface area contributed by atoms with Crippen LogP contribution in [0.2, 0.25) is 0 Å². The minimum Gasteiger partial charge on any atom is -0.396 e. The fraction of sp³-hybridized carbons (Fsp3) is 0.714. The van der Waals surface area contributed by atoms with E-state index in [-0.39, 0.29) is 30.0 Å². The Morgan fingerprint density at radius 2 is 1.84 bits per heavy atom. The summed E-state index contributed by atoms with van der Waals surface area (Å²) in [5, 5.41) is 19.9. The van der Waals surface area contributed by atoms with Crippen molar-refractivity contribution in [2.24, 2.45) is 17.3 Å². The van der Waals surface area contributed by atoms with Crippen molar-refractivity contribution in [3.05, 3.63) is 35.9 Å². The largest absolute Gasteiger partial charge is 0.396 e. The summed E-state index contributed by atoms with van der Waals surface area (Å²) in [5.41, 5.74) is 1.40. The number of aliphatic hydroxyl groups is 2. The Balaban J connectivity index is 1.88. The first-order valence-corrected chi connectivity index (χ1v) is 9.50. The molecule has 25 heavy (non-hydrogen) atoms. The predicted octanol–water partition coefficient (Wildman–Crippen LogP) is 2.93. The number of aliphatic hydroxyl groups excluding tert-OH is 2. The third-order valence-electron chi connectivity index (χ3n) is 5.28. The SMILES string of the molecule is CN(CCCO)C[C@@H]1CC(C)(C)C[C@H](COCc2ccccc2)[C@@H]1O. The van der Waals surface area contributed by atoms with E-state index < -0.39 is 0 Å². The number of hydrogen-bond donors (Lipinski definition) is 2. The van der Waals surface area contributed by atoms with Gasteiger partial charge < -0.3 is 19.8 Å². The molecule has 1 aliphatic rings. The molecule has 2 rings (SSSR count). The minimum atomic E-state index is -0.319. The van der Waals surface area contributed by atoms with Crippen LogP contribution in [-0.4, -0.2) is 54.6 Å². The Bertz CT molecular complexity index is 491. The lowest BCUT2D eigenvalue weighted by Crippen LogP contribution is -2.46. The highest BCUT2D eigenvalue weighted by Crippen LogP contribution is 2.42. The summed E-state index contributed by atoms with van der Waals surface area (Å²) in [4.78, 5) is 2.23. The molecule has 0 radical (unpaired) electrons. The highest BCUT2D eigenvalue weighted by molar-refractivity contribution is 5.13. The summed E-state index contributed by atoms with van der Waals surface area (Å²) in [7, 11) is 2.07. The van der Waals surface area contributed by atoms with E-state index in [4.69, 9.17) is 9.84 Å². The standard InChI is InChI=1S/C21H35NO3/c1-21(2)12-18(14-22(3)10-7-11-23)20(24)19(13-21)16-25-15-17-8-5-4-6-9-17/h4-6,8-9,18-20,23-24H,7,10-16H2,1-3H3/t18-,19+,20+/m0/s1. The molecule has 3 atom stereocenters. The van der Waals surface area contributed by atoms with Crippen molar-refractivity contribution in [3.8, 4) is 0 Å². The van der Waals surface area contributed by atoms with Crippen LogP contribution in [0.1, 0.15) is 38.7 Å². The molecular formula is C21H35NO3. The topological polar surface area (TPSA) is 52.9 Å². The van der Waals surface area contributed by atoms with Gasteiger partial charge in [-0.3, -0.25) is 0 Å². The van der Waals surface area contributed by atoms with E-state index in [1.165, 1.54) is 5.56 Å². The molecule has 0 heterocycles. The summed E-state index contributed by atoms with van der Waals surface area (Å²) in [6.07, 6.45) is 2.50. The molecule has 0 saturated heterocycles. The van der Waals surface area contributed by atoms with Crippen LogP contribution in [0.25, 0.3) is 0 Å². The lowest BCUT2D eigenvalue weighted by Gasteiger charge is -2.44. The smallest absolute Gasteiger partial charge is 0.0717 e. The lowest BCUT2D eigenvalue weighted by atomic mass is 9.66. The molecule has 1 aromatic rings. The van der Waals surface area contributed by atoms with E-state index in [1.807, 2.05) is 18.2 Å². The van der Waals surface area contributed by atoms with Crippen molar-refractivity contribution in [2.75, 3.05) is 33.4 Å². The summed E-state index contributed by atoms with van der Waals surface area (Å²) in [6.45, 7) is 7.77. The lowest BCUT2D eigenvalue weighted by molar-refractivity contribution is -0.0713. The van der Waals surface area contributed by atoms with Gasteiger partial charge in [-0.2, -0.15) is 0 Å². The summed E-state index contributed by atoms with van der Waals surface area (Å²) >= 11 is 0. The molecule has 4 heteroatoms. The van der Waals surface area contributed by atoms with Gasteiger partial charge in [0.15, 0.2) is 0 Å². The van der Waals surface area contributed by atoms with Crippen molar-refractivity contribution < 1.29 is 14.9 Å². The maximum atomic E-state index is 10.9. The molecule has 1 fully saturated rings. The second-order valence-electron chi connectivity index (χ2n) is 8.42. The van der Waals surface area contributed by atoms with Gasteiger partial charge in [-0.05, 0) is 43.2 Å². The average Bonchev–Trinajstić information content (AvgIpc) is 2.57. The summed E-state index contributed by atoms with van der Waals surface area (Å²) < 4.78 is 5.93. The molecule has 0 aliphatic heterocycles. The van der Waals surface area contributed by atoms with Crippen LogP contribution >= 0.6 is 0 Å². The Kier molecular flexibility index (Phi) is 7.88. The Hall–Kier alpha value is -0.940. The first-order chi connectivity index (χ1) is 11.9. The van der Waals surface area contributed by atoms with Crippen molar-refractivity contribution in [2.45, 2.75) is 45.8 Å². The maximum Gasteiger partial charge on any atom is 0.0717 e. The third kappa shape index (κ3) is 6.70. The van der Waals surface area contributed by atoms with Crippen LogP contribution in [0, 0.1) is 17.3 Å². The molecule has 0 unspecified atom stereocenters. The molecular weight excluding hydrogens is 314 g/mol. The first-order valence-electron chi connectivity index (χ1n) is 9.50. The normalized spacial score (nSPS) is 26.1. The number of ether oxygens (including phenoxy) is 1. The molecule has 142 valence electrons.